The van der Waals surface area contributed by atoms with Gasteiger partial charge in [0.2, 0.25) is 0 Å². The van der Waals surface area contributed by atoms with Crippen LogP contribution >= 0.6 is 0 Å². The van der Waals surface area contributed by atoms with Crippen LogP contribution < -0.4 is 9.64 Å². The Kier molecular flexibility index (Phi) is 7.38. The number of hydrogen-bond donors (Lipinski definition) is 0. The van der Waals surface area contributed by atoms with Crippen LogP contribution in [-0.4, -0.2) is 4.57 Å². The average Bonchev–Trinajstić information content (AvgIpc) is 3.80. The molecule has 0 unspecified atom stereocenters. The maximum atomic E-state index is 6.81. The van der Waals surface area contributed by atoms with Crippen LogP contribution in [0.15, 0.2) is 218 Å². The standard InChI is InChI=1S/C62H42N2O/c1-61(2)50-23-8-6-20-44(50)48-36-41(31-34-51(48)61)63(42-32-35-57-49(37-42)46-21-7-11-27-56(46)64(57)40-18-4-3-5-19-40)43-30-33-45-47-22-14-16-39-17-15-26-54(60(39)47)62(55(45)38-43)52-24-9-12-28-58(52)65-59-29-13-10-25-53(59)62/h3-38H,1-2H3. The number of hydrogen-bond acceptors (Lipinski definition) is 2. The first-order chi connectivity index (χ1) is 32.0. The van der Waals surface area contributed by atoms with Crippen molar-refractivity contribution >= 4 is 49.6 Å². The summed E-state index contributed by atoms with van der Waals surface area (Å²) in [6, 6.07) is 80.9. The largest absolute Gasteiger partial charge is 0.457 e. The molecule has 1 aliphatic heterocycles. The lowest BCUT2D eigenvalue weighted by atomic mass is 9.58. The van der Waals surface area contributed by atoms with Crippen molar-refractivity contribution in [3.63, 3.8) is 0 Å². The predicted molar refractivity (Wildman–Crippen MR) is 268 cm³/mol. The molecule has 0 bridgehead atoms. The van der Waals surface area contributed by atoms with Gasteiger partial charge >= 0.3 is 0 Å². The Hall–Kier alpha value is -8.14. The second-order valence-electron chi connectivity index (χ2n) is 18.4. The molecule has 1 aromatic heterocycles. The monoisotopic (exact) mass is 830 g/mol. The Bertz CT molecular complexity index is 3750. The van der Waals surface area contributed by atoms with Crippen molar-refractivity contribution in [2.24, 2.45) is 0 Å². The lowest BCUT2D eigenvalue weighted by Gasteiger charge is -2.45. The molecule has 1 spiro atoms. The SMILES string of the molecule is CC1(C)c2ccccc2-c2cc(N(c3ccc4c(c3)C3(c5ccccc5Oc5ccccc53)c3cccc5cccc-4c35)c3ccc4c(c3)c3ccccc3n4-c3ccccc3)ccc21. The number of nitrogens with zero attached hydrogens (tertiary/aromatic N) is 2. The minimum absolute atomic E-state index is 0.107. The summed E-state index contributed by atoms with van der Waals surface area (Å²) in [7, 11) is 0. The van der Waals surface area contributed by atoms with Gasteiger partial charge in [-0.2, -0.15) is 0 Å². The van der Waals surface area contributed by atoms with Crippen LogP contribution in [0.5, 0.6) is 11.5 Å². The first-order valence-corrected chi connectivity index (χ1v) is 22.7. The van der Waals surface area contributed by atoms with E-state index in [1.807, 2.05) is 0 Å². The zero-order valence-electron chi connectivity index (χ0n) is 36.1. The lowest BCUT2D eigenvalue weighted by molar-refractivity contribution is 0.435. The molecule has 0 saturated heterocycles. The molecule has 306 valence electrons. The maximum absolute atomic E-state index is 6.81. The van der Waals surface area contributed by atoms with Crippen molar-refractivity contribution in [1.29, 1.82) is 0 Å². The summed E-state index contributed by atoms with van der Waals surface area (Å²) < 4.78 is 9.20. The molecular formula is C62H42N2O. The highest BCUT2D eigenvalue weighted by Crippen LogP contribution is 2.62. The zero-order chi connectivity index (χ0) is 43.0. The van der Waals surface area contributed by atoms with Crippen molar-refractivity contribution in [2.45, 2.75) is 24.7 Å². The zero-order valence-corrected chi connectivity index (χ0v) is 36.1. The summed E-state index contributed by atoms with van der Waals surface area (Å²) in [6.45, 7) is 4.72. The molecule has 0 saturated carbocycles. The normalized spacial score (nSPS) is 14.4. The fourth-order valence-electron chi connectivity index (χ4n) is 12.1. The molecule has 0 atom stereocenters. The first kappa shape index (κ1) is 36.4. The van der Waals surface area contributed by atoms with E-state index in [0.717, 1.165) is 45.4 Å². The fourth-order valence-corrected chi connectivity index (χ4v) is 12.1. The molecule has 65 heavy (non-hydrogen) atoms. The van der Waals surface area contributed by atoms with Gasteiger partial charge in [0.25, 0.3) is 0 Å². The van der Waals surface area contributed by atoms with E-state index in [9.17, 15) is 0 Å². The van der Waals surface area contributed by atoms with Crippen molar-refractivity contribution in [1.82, 2.24) is 4.57 Å². The number of fused-ring (bicyclic) bond motifs is 14. The van der Waals surface area contributed by atoms with Crippen LogP contribution in [0.2, 0.25) is 0 Å². The Morgan fingerprint density at radius 1 is 0.385 bits per heavy atom. The third-order valence-corrected chi connectivity index (χ3v) is 14.8. The molecule has 10 aromatic carbocycles. The number of benzene rings is 10. The highest BCUT2D eigenvalue weighted by Gasteiger charge is 2.49. The van der Waals surface area contributed by atoms with Crippen molar-refractivity contribution < 1.29 is 4.74 Å². The summed E-state index contributed by atoms with van der Waals surface area (Å²) in [5.41, 5.74) is 18.7. The highest BCUT2D eigenvalue weighted by atomic mass is 16.5. The molecule has 0 N–H and O–H groups in total. The number of rotatable bonds is 4. The van der Waals surface area contributed by atoms with Crippen molar-refractivity contribution in [3.8, 4) is 39.4 Å². The molecule has 3 nitrogen and oxygen atoms in total. The van der Waals surface area contributed by atoms with Gasteiger partial charge in [0, 0.05) is 50.1 Å². The van der Waals surface area contributed by atoms with Crippen LogP contribution in [0.3, 0.4) is 0 Å². The smallest absolute Gasteiger partial charge is 0.132 e. The second-order valence-corrected chi connectivity index (χ2v) is 18.4. The molecule has 3 heteroatoms. The van der Waals surface area contributed by atoms with Crippen LogP contribution in [0.1, 0.15) is 47.2 Å². The summed E-state index contributed by atoms with van der Waals surface area (Å²) >= 11 is 0. The van der Waals surface area contributed by atoms with Gasteiger partial charge in [0.1, 0.15) is 11.5 Å². The van der Waals surface area contributed by atoms with Gasteiger partial charge in [-0.25, -0.2) is 0 Å². The fraction of sp³-hybridized carbons (Fsp3) is 0.0645. The summed E-state index contributed by atoms with van der Waals surface area (Å²) in [6.07, 6.45) is 0. The third kappa shape index (κ3) is 4.85. The van der Waals surface area contributed by atoms with Crippen molar-refractivity contribution in [2.75, 3.05) is 4.90 Å². The van der Waals surface area contributed by atoms with Crippen LogP contribution in [0.4, 0.5) is 17.1 Å². The Labute approximate surface area is 378 Å². The van der Waals surface area contributed by atoms with Crippen molar-refractivity contribution in [3.05, 3.63) is 252 Å². The minimum atomic E-state index is -0.662. The quantitative estimate of drug-likeness (QED) is 0.176. The molecule has 14 rings (SSSR count). The molecule has 2 heterocycles. The number of aromatic nitrogens is 1. The summed E-state index contributed by atoms with van der Waals surface area (Å²) in [5, 5.41) is 4.96. The average molecular weight is 831 g/mol. The third-order valence-electron chi connectivity index (χ3n) is 14.8. The van der Waals surface area contributed by atoms with E-state index in [1.165, 1.54) is 77.1 Å². The lowest BCUT2D eigenvalue weighted by Crippen LogP contribution is -2.36. The van der Waals surface area contributed by atoms with Gasteiger partial charge < -0.3 is 14.2 Å². The molecule has 0 fully saturated rings. The summed E-state index contributed by atoms with van der Waals surface area (Å²) in [4.78, 5) is 2.49. The summed E-state index contributed by atoms with van der Waals surface area (Å²) in [5.74, 6) is 1.77. The molecular weight excluding hydrogens is 789 g/mol. The van der Waals surface area contributed by atoms with Gasteiger partial charge in [-0.3, -0.25) is 0 Å². The molecule has 3 aliphatic rings. The Morgan fingerprint density at radius 3 is 1.77 bits per heavy atom. The number of ether oxygens (including phenoxy) is 1. The van der Waals surface area contributed by atoms with E-state index < -0.39 is 5.41 Å². The maximum Gasteiger partial charge on any atom is 0.132 e. The Morgan fingerprint density at radius 2 is 0.954 bits per heavy atom. The Balaban J connectivity index is 1.08. The van der Waals surface area contributed by atoms with Gasteiger partial charge in [-0.1, -0.05) is 159 Å². The van der Waals surface area contributed by atoms with E-state index in [0.29, 0.717) is 0 Å². The molecule has 0 radical (unpaired) electrons. The molecule has 11 aromatic rings. The van der Waals surface area contributed by atoms with Crippen LogP contribution in [0.25, 0.3) is 60.5 Å². The van der Waals surface area contributed by atoms with Gasteiger partial charge in [-0.15, -0.1) is 0 Å². The van der Waals surface area contributed by atoms with Crippen LogP contribution in [-0.2, 0) is 10.8 Å². The first-order valence-electron chi connectivity index (χ1n) is 22.7. The van der Waals surface area contributed by atoms with E-state index in [-0.39, 0.29) is 5.41 Å². The van der Waals surface area contributed by atoms with E-state index in [2.05, 4.69) is 242 Å². The highest BCUT2D eigenvalue weighted by molar-refractivity contribution is 6.11. The van der Waals surface area contributed by atoms with Crippen LogP contribution in [0, 0.1) is 0 Å². The van der Waals surface area contributed by atoms with E-state index in [1.54, 1.807) is 0 Å². The molecule has 0 amide bonds. The van der Waals surface area contributed by atoms with E-state index in [4.69, 9.17) is 4.74 Å². The number of para-hydroxylation sites is 4. The minimum Gasteiger partial charge on any atom is -0.457 e. The predicted octanol–water partition coefficient (Wildman–Crippen LogP) is 16.2. The van der Waals surface area contributed by atoms with Gasteiger partial charge in [-0.05, 0) is 128 Å². The number of anilines is 3. The van der Waals surface area contributed by atoms with Gasteiger partial charge in [0.15, 0.2) is 0 Å². The van der Waals surface area contributed by atoms with Gasteiger partial charge in [0.05, 0.1) is 16.4 Å². The van der Waals surface area contributed by atoms with E-state index >= 15 is 0 Å². The molecule has 2 aliphatic carbocycles. The topological polar surface area (TPSA) is 17.4 Å². The second kappa shape index (κ2) is 13.2.